The Morgan fingerprint density at radius 2 is 2.08 bits per heavy atom. The van der Waals surface area contributed by atoms with Crippen LogP contribution in [0.3, 0.4) is 0 Å². The molecule has 1 aromatic heterocycles. The van der Waals surface area contributed by atoms with Gasteiger partial charge >= 0.3 is 0 Å². The lowest BCUT2D eigenvalue weighted by molar-refractivity contribution is 0.0500. The number of amides is 1. The number of benzene rings is 1. The number of nitrogens with two attached hydrogens (primary N) is 1. The smallest absolute Gasteiger partial charge is 0.257 e. The summed E-state index contributed by atoms with van der Waals surface area (Å²) in [6.45, 7) is 2.09. The second-order valence-corrected chi connectivity index (χ2v) is 6.25. The Labute approximate surface area is 147 Å². The summed E-state index contributed by atoms with van der Waals surface area (Å²) in [7, 11) is 2.02. The van der Waals surface area contributed by atoms with Gasteiger partial charge in [0.15, 0.2) is 0 Å². The summed E-state index contributed by atoms with van der Waals surface area (Å²) in [5.74, 6) is 0.0434. The zero-order valence-corrected chi connectivity index (χ0v) is 14.3. The van der Waals surface area contributed by atoms with Gasteiger partial charge in [-0.2, -0.15) is 0 Å². The van der Waals surface area contributed by atoms with Gasteiger partial charge in [-0.3, -0.25) is 9.69 Å². The molecule has 3 N–H and O–H groups in total. The van der Waals surface area contributed by atoms with E-state index in [4.69, 9.17) is 5.73 Å². The first kappa shape index (κ1) is 17.3. The molecule has 1 saturated heterocycles. The van der Waals surface area contributed by atoms with Crippen molar-refractivity contribution in [1.29, 1.82) is 0 Å². The standard InChI is InChI=1S/C18H23N5O2/c1-22-8-9-23(12-14(22)7-10-24)17(25)15-11-20-18(19)21-16(15)13-5-3-2-4-6-13/h2-6,11,14,24H,7-10,12H2,1H3,(H2,19,20,21). The average Bonchev–Trinajstić information content (AvgIpc) is 2.64. The molecule has 0 aliphatic carbocycles. The molecule has 1 unspecified atom stereocenters. The highest BCUT2D eigenvalue weighted by Crippen LogP contribution is 2.24. The van der Waals surface area contributed by atoms with Crippen molar-refractivity contribution < 1.29 is 9.90 Å². The average molecular weight is 341 g/mol. The van der Waals surface area contributed by atoms with Crippen LogP contribution in [-0.2, 0) is 0 Å². The first-order valence-corrected chi connectivity index (χ1v) is 8.38. The van der Waals surface area contributed by atoms with Crippen LogP contribution in [0.5, 0.6) is 0 Å². The molecule has 7 heteroatoms. The van der Waals surface area contributed by atoms with Gasteiger partial charge in [0.05, 0.1) is 11.3 Å². The molecule has 25 heavy (non-hydrogen) atoms. The molecule has 1 amide bonds. The van der Waals surface area contributed by atoms with Crippen LogP contribution in [-0.4, -0.2) is 70.1 Å². The van der Waals surface area contributed by atoms with Gasteiger partial charge in [0.2, 0.25) is 5.95 Å². The van der Waals surface area contributed by atoms with Gasteiger partial charge in [-0.05, 0) is 13.5 Å². The minimum atomic E-state index is -0.102. The Hall–Kier alpha value is -2.51. The third-order valence-electron chi connectivity index (χ3n) is 4.61. The van der Waals surface area contributed by atoms with Crippen LogP contribution in [0.2, 0.25) is 0 Å². The topological polar surface area (TPSA) is 95.6 Å². The van der Waals surface area contributed by atoms with E-state index < -0.39 is 0 Å². The lowest BCUT2D eigenvalue weighted by Gasteiger charge is -2.39. The van der Waals surface area contributed by atoms with Crippen LogP contribution in [0, 0.1) is 0 Å². The van der Waals surface area contributed by atoms with Crippen molar-refractivity contribution in [2.24, 2.45) is 0 Å². The van der Waals surface area contributed by atoms with Crippen molar-refractivity contribution in [3.05, 3.63) is 42.1 Å². The van der Waals surface area contributed by atoms with Gasteiger partial charge in [-0.25, -0.2) is 9.97 Å². The van der Waals surface area contributed by atoms with Gasteiger partial charge in [-0.1, -0.05) is 30.3 Å². The Bertz CT molecular complexity index is 738. The molecule has 0 bridgehead atoms. The second-order valence-electron chi connectivity index (χ2n) is 6.25. The third kappa shape index (κ3) is 3.78. The fraction of sp³-hybridized carbons (Fsp3) is 0.389. The van der Waals surface area contributed by atoms with E-state index in [1.165, 1.54) is 6.20 Å². The molecule has 1 atom stereocenters. The summed E-state index contributed by atoms with van der Waals surface area (Å²) < 4.78 is 0. The van der Waals surface area contributed by atoms with E-state index in [9.17, 15) is 9.90 Å². The molecule has 1 fully saturated rings. The summed E-state index contributed by atoms with van der Waals surface area (Å²) in [5.41, 5.74) is 7.58. The van der Waals surface area contributed by atoms with Crippen LogP contribution in [0.25, 0.3) is 11.3 Å². The number of hydrogen-bond donors (Lipinski definition) is 2. The van der Waals surface area contributed by atoms with Crippen molar-refractivity contribution in [3.63, 3.8) is 0 Å². The predicted molar refractivity (Wildman–Crippen MR) is 95.9 cm³/mol. The van der Waals surface area contributed by atoms with Crippen molar-refractivity contribution in [1.82, 2.24) is 19.8 Å². The first-order chi connectivity index (χ1) is 12.1. The number of nitrogen functional groups attached to an aromatic ring is 1. The van der Waals surface area contributed by atoms with E-state index >= 15 is 0 Å². The molecule has 0 radical (unpaired) electrons. The van der Waals surface area contributed by atoms with E-state index in [2.05, 4.69) is 14.9 Å². The van der Waals surface area contributed by atoms with Crippen LogP contribution in [0.1, 0.15) is 16.8 Å². The van der Waals surface area contributed by atoms with Gasteiger partial charge in [0.25, 0.3) is 5.91 Å². The number of carbonyl (C=O) groups excluding carboxylic acids is 1. The van der Waals surface area contributed by atoms with E-state index in [0.29, 0.717) is 30.8 Å². The zero-order valence-electron chi connectivity index (χ0n) is 14.3. The summed E-state index contributed by atoms with van der Waals surface area (Å²) >= 11 is 0. The van der Waals surface area contributed by atoms with E-state index in [-0.39, 0.29) is 24.5 Å². The van der Waals surface area contributed by atoms with Crippen molar-refractivity contribution in [2.75, 3.05) is 39.0 Å². The summed E-state index contributed by atoms with van der Waals surface area (Å²) in [5, 5.41) is 9.24. The Morgan fingerprint density at radius 1 is 1.32 bits per heavy atom. The number of carbonyl (C=O) groups is 1. The summed E-state index contributed by atoms with van der Waals surface area (Å²) in [6.07, 6.45) is 2.15. The fourth-order valence-electron chi connectivity index (χ4n) is 3.13. The number of likely N-dealkylation sites (N-methyl/N-ethyl adjacent to an activating group) is 1. The lowest BCUT2D eigenvalue weighted by atomic mass is 10.0. The number of hydrogen-bond acceptors (Lipinski definition) is 6. The number of aliphatic hydroxyl groups is 1. The number of nitrogens with zero attached hydrogens (tertiary/aromatic N) is 4. The minimum Gasteiger partial charge on any atom is -0.396 e. The molecule has 0 saturated carbocycles. The lowest BCUT2D eigenvalue weighted by Crippen LogP contribution is -2.53. The maximum atomic E-state index is 13.1. The molecule has 1 aliphatic heterocycles. The van der Waals surface area contributed by atoms with Crippen LogP contribution in [0.15, 0.2) is 36.5 Å². The molecular weight excluding hydrogens is 318 g/mol. The SMILES string of the molecule is CN1CCN(C(=O)c2cnc(N)nc2-c2ccccc2)CC1CCO. The molecule has 2 heterocycles. The molecule has 132 valence electrons. The van der Waals surface area contributed by atoms with Crippen molar-refractivity contribution >= 4 is 11.9 Å². The molecule has 1 aliphatic rings. The van der Waals surface area contributed by atoms with Gasteiger partial charge in [0.1, 0.15) is 0 Å². The minimum absolute atomic E-state index is 0.102. The number of anilines is 1. The zero-order chi connectivity index (χ0) is 17.8. The fourth-order valence-corrected chi connectivity index (χ4v) is 3.13. The summed E-state index contributed by atoms with van der Waals surface area (Å²) in [6, 6.07) is 9.66. The number of piperazine rings is 1. The van der Waals surface area contributed by atoms with E-state index in [1.807, 2.05) is 42.3 Å². The number of aliphatic hydroxyl groups excluding tert-OH is 1. The third-order valence-corrected chi connectivity index (χ3v) is 4.61. The first-order valence-electron chi connectivity index (χ1n) is 8.38. The van der Waals surface area contributed by atoms with Crippen LogP contribution < -0.4 is 5.73 Å². The molecule has 2 aromatic rings. The summed E-state index contributed by atoms with van der Waals surface area (Å²) in [4.78, 5) is 25.4. The van der Waals surface area contributed by atoms with Crippen LogP contribution >= 0.6 is 0 Å². The van der Waals surface area contributed by atoms with Gasteiger partial charge in [0, 0.05) is 44.0 Å². The Balaban J connectivity index is 1.90. The highest BCUT2D eigenvalue weighted by Gasteiger charge is 2.29. The number of aromatic nitrogens is 2. The monoisotopic (exact) mass is 341 g/mol. The number of rotatable bonds is 4. The van der Waals surface area contributed by atoms with Crippen molar-refractivity contribution in [3.8, 4) is 11.3 Å². The van der Waals surface area contributed by atoms with Crippen LogP contribution in [0.4, 0.5) is 5.95 Å². The molecule has 3 rings (SSSR count). The molecule has 0 spiro atoms. The highest BCUT2D eigenvalue weighted by molar-refractivity contribution is 5.99. The largest absolute Gasteiger partial charge is 0.396 e. The van der Waals surface area contributed by atoms with E-state index in [1.54, 1.807) is 0 Å². The quantitative estimate of drug-likeness (QED) is 0.856. The maximum Gasteiger partial charge on any atom is 0.257 e. The molecule has 7 nitrogen and oxygen atoms in total. The molecule has 1 aromatic carbocycles. The normalized spacial score (nSPS) is 18.3. The van der Waals surface area contributed by atoms with Gasteiger partial charge in [-0.15, -0.1) is 0 Å². The maximum absolute atomic E-state index is 13.1. The second kappa shape index (κ2) is 7.58. The Morgan fingerprint density at radius 3 is 2.80 bits per heavy atom. The highest BCUT2D eigenvalue weighted by atomic mass is 16.3. The van der Waals surface area contributed by atoms with E-state index in [0.717, 1.165) is 12.1 Å². The predicted octanol–water partition coefficient (Wildman–Crippen LogP) is 0.864. The van der Waals surface area contributed by atoms with Gasteiger partial charge < -0.3 is 15.7 Å². The Kier molecular flexibility index (Phi) is 5.25. The molecular formula is C18H23N5O2. The van der Waals surface area contributed by atoms with Crippen molar-refractivity contribution in [2.45, 2.75) is 12.5 Å².